The van der Waals surface area contributed by atoms with Crippen LogP contribution in [0.4, 0.5) is 0 Å². The fourth-order valence-electron chi connectivity index (χ4n) is 2.54. The molecule has 2 nitrogen and oxygen atoms in total. The lowest BCUT2D eigenvalue weighted by Crippen LogP contribution is -2.23. The predicted octanol–water partition coefficient (Wildman–Crippen LogP) is 3.27. The van der Waals surface area contributed by atoms with Crippen molar-refractivity contribution in [2.45, 2.75) is 37.7 Å². The van der Waals surface area contributed by atoms with E-state index in [0.29, 0.717) is 6.61 Å². The average Bonchev–Trinajstić information content (AvgIpc) is 2.37. The minimum Gasteiger partial charge on any atom is -0.489 e. The van der Waals surface area contributed by atoms with Crippen molar-refractivity contribution < 1.29 is 9.84 Å². The minimum atomic E-state index is -0.225. The number of para-hydroxylation sites is 1. The Morgan fingerprint density at radius 2 is 2.06 bits per heavy atom. The van der Waals surface area contributed by atoms with Gasteiger partial charge < -0.3 is 9.84 Å². The van der Waals surface area contributed by atoms with E-state index in [1.165, 1.54) is 6.42 Å². The maximum absolute atomic E-state index is 10.1. The van der Waals surface area contributed by atoms with Crippen LogP contribution in [0.3, 0.4) is 0 Å². The van der Waals surface area contributed by atoms with Gasteiger partial charge in [0.15, 0.2) is 0 Å². The molecule has 0 amide bonds. The lowest BCUT2D eigenvalue weighted by Gasteiger charge is -2.29. The zero-order valence-electron chi connectivity index (χ0n) is 10.1. The average molecular weight is 232 g/mol. The van der Waals surface area contributed by atoms with Gasteiger partial charge in [-0.1, -0.05) is 43.7 Å². The molecule has 1 saturated carbocycles. The maximum Gasteiger partial charge on any atom is 0.123 e. The molecule has 92 valence electrons. The highest BCUT2D eigenvalue weighted by Gasteiger charge is 2.26. The second-order valence-electron chi connectivity index (χ2n) is 4.60. The van der Waals surface area contributed by atoms with Gasteiger partial charge in [0.25, 0.3) is 0 Å². The number of hydrogen-bond donors (Lipinski definition) is 1. The molecule has 1 aliphatic rings. The number of ether oxygens (including phenoxy) is 1. The third-order valence-corrected chi connectivity index (χ3v) is 3.40. The Kier molecular flexibility index (Phi) is 4.21. The van der Waals surface area contributed by atoms with Crippen molar-refractivity contribution in [3.05, 3.63) is 42.5 Å². The van der Waals surface area contributed by atoms with E-state index in [1.54, 1.807) is 6.08 Å². The smallest absolute Gasteiger partial charge is 0.123 e. The number of hydrogen-bond acceptors (Lipinski definition) is 2. The molecule has 0 heterocycles. The largest absolute Gasteiger partial charge is 0.489 e. The van der Waals surface area contributed by atoms with Gasteiger partial charge in [-0.2, -0.15) is 0 Å². The van der Waals surface area contributed by atoms with Gasteiger partial charge in [0.1, 0.15) is 12.4 Å². The highest BCUT2D eigenvalue weighted by Crippen LogP contribution is 2.37. The molecule has 0 spiro atoms. The molecule has 0 aromatic heterocycles. The summed E-state index contributed by atoms with van der Waals surface area (Å²) in [6.45, 7) is 4.17. The van der Waals surface area contributed by atoms with Crippen molar-refractivity contribution in [1.82, 2.24) is 0 Å². The third kappa shape index (κ3) is 2.89. The fourth-order valence-corrected chi connectivity index (χ4v) is 2.54. The molecule has 0 bridgehead atoms. The van der Waals surface area contributed by atoms with Gasteiger partial charge in [0.05, 0.1) is 6.10 Å². The molecule has 1 fully saturated rings. The summed E-state index contributed by atoms with van der Waals surface area (Å²) < 4.78 is 5.66. The summed E-state index contributed by atoms with van der Waals surface area (Å²) in [7, 11) is 0. The first kappa shape index (κ1) is 12.2. The Balaban J connectivity index is 2.20. The zero-order valence-corrected chi connectivity index (χ0v) is 10.1. The Hall–Kier alpha value is -1.28. The number of aliphatic hydroxyl groups excluding tert-OH is 1. The van der Waals surface area contributed by atoms with Gasteiger partial charge >= 0.3 is 0 Å². The van der Waals surface area contributed by atoms with E-state index < -0.39 is 0 Å². The van der Waals surface area contributed by atoms with Crippen molar-refractivity contribution in [2.75, 3.05) is 6.61 Å². The van der Waals surface area contributed by atoms with Gasteiger partial charge in [-0.05, 0) is 24.5 Å². The van der Waals surface area contributed by atoms with Crippen molar-refractivity contribution in [2.24, 2.45) is 0 Å². The summed E-state index contributed by atoms with van der Waals surface area (Å²) in [6, 6.07) is 8.02. The second kappa shape index (κ2) is 5.87. The Labute approximate surface area is 103 Å². The van der Waals surface area contributed by atoms with E-state index in [0.717, 1.165) is 30.6 Å². The van der Waals surface area contributed by atoms with E-state index in [2.05, 4.69) is 12.6 Å². The molecule has 1 aromatic carbocycles. The Morgan fingerprint density at radius 1 is 1.29 bits per heavy atom. The van der Waals surface area contributed by atoms with Crippen LogP contribution in [0.5, 0.6) is 5.75 Å². The topological polar surface area (TPSA) is 29.5 Å². The van der Waals surface area contributed by atoms with Crippen molar-refractivity contribution in [3.63, 3.8) is 0 Å². The molecule has 0 aliphatic heterocycles. The molecule has 2 heteroatoms. The van der Waals surface area contributed by atoms with Crippen molar-refractivity contribution >= 4 is 0 Å². The highest BCUT2D eigenvalue weighted by molar-refractivity contribution is 5.37. The summed E-state index contributed by atoms with van der Waals surface area (Å²) >= 11 is 0. The quantitative estimate of drug-likeness (QED) is 0.807. The zero-order chi connectivity index (χ0) is 12.1. The van der Waals surface area contributed by atoms with Gasteiger partial charge in [-0.25, -0.2) is 0 Å². The van der Waals surface area contributed by atoms with Crippen LogP contribution in [0.25, 0.3) is 0 Å². The molecule has 0 saturated heterocycles. The van der Waals surface area contributed by atoms with E-state index in [4.69, 9.17) is 4.74 Å². The first-order valence-corrected chi connectivity index (χ1v) is 6.33. The molecular formula is C15H20O2. The summed E-state index contributed by atoms with van der Waals surface area (Å²) in [5.74, 6) is 1.11. The van der Waals surface area contributed by atoms with Crippen LogP contribution in [-0.4, -0.2) is 17.8 Å². The van der Waals surface area contributed by atoms with Gasteiger partial charge in [0.2, 0.25) is 0 Å². The van der Waals surface area contributed by atoms with Crippen LogP contribution < -0.4 is 4.74 Å². The molecule has 0 unspecified atom stereocenters. The standard InChI is InChI=1S/C15H20O2/c1-2-11-17-15-10-6-4-8-13(15)12-7-3-5-9-14(12)16/h2,4,6,8,10,12,14,16H,1,3,5,7,9,11H2/t12-,14+/m1/s1. The second-order valence-corrected chi connectivity index (χ2v) is 4.60. The first-order chi connectivity index (χ1) is 8.33. The minimum absolute atomic E-state index is 0.225. The maximum atomic E-state index is 10.1. The molecule has 0 radical (unpaired) electrons. The normalized spacial score (nSPS) is 24.3. The molecular weight excluding hydrogens is 212 g/mol. The van der Waals surface area contributed by atoms with Crippen LogP contribution >= 0.6 is 0 Å². The Bertz CT molecular complexity index is 373. The van der Waals surface area contributed by atoms with Crippen molar-refractivity contribution in [3.8, 4) is 5.75 Å². The number of benzene rings is 1. The van der Waals surface area contributed by atoms with Gasteiger partial charge in [-0.3, -0.25) is 0 Å². The number of rotatable bonds is 4. The van der Waals surface area contributed by atoms with E-state index in [9.17, 15) is 5.11 Å². The lowest BCUT2D eigenvalue weighted by molar-refractivity contribution is 0.105. The molecule has 1 aromatic rings. The summed E-state index contributed by atoms with van der Waals surface area (Å²) in [6.07, 6.45) is 5.80. The first-order valence-electron chi connectivity index (χ1n) is 6.33. The van der Waals surface area contributed by atoms with E-state index >= 15 is 0 Å². The molecule has 1 aliphatic carbocycles. The van der Waals surface area contributed by atoms with E-state index in [-0.39, 0.29) is 12.0 Å². The van der Waals surface area contributed by atoms with Crippen LogP contribution in [0.15, 0.2) is 36.9 Å². The van der Waals surface area contributed by atoms with Gasteiger partial charge in [0, 0.05) is 5.92 Å². The van der Waals surface area contributed by atoms with Crippen LogP contribution in [0.1, 0.15) is 37.2 Å². The fraction of sp³-hybridized carbons (Fsp3) is 0.467. The molecule has 2 atom stereocenters. The SMILES string of the molecule is C=CCOc1ccccc1[C@H]1CCCC[C@@H]1O. The summed E-state index contributed by atoms with van der Waals surface area (Å²) in [4.78, 5) is 0. The van der Waals surface area contributed by atoms with Crippen LogP contribution in [0.2, 0.25) is 0 Å². The summed E-state index contributed by atoms with van der Waals surface area (Å²) in [5, 5.41) is 10.1. The molecule has 2 rings (SSSR count). The lowest BCUT2D eigenvalue weighted by atomic mass is 9.81. The van der Waals surface area contributed by atoms with Crippen LogP contribution in [-0.2, 0) is 0 Å². The third-order valence-electron chi connectivity index (χ3n) is 3.40. The Morgan fingerprint density at radius 3 is 2.82 bits per heavy atom. The van der Waals surface area contributed by atoms with Gasteiger partial charge in [-0.15, -0.1) is 0 Å². The van der Waals surface area contributed by atoms with Crippen molar-refractivity contribution in [1.29, 1.82) is 0 Å². The summed E-state index contributed by atoms with van der Waals surface area (Å²) in [5.41, 5.74) is 1.14. The predicted molar refractivity (Wildman–Crippen MR) is 69.3 cm³/mol. The van der Waals surface area contributed by atoms with Crippen LogP contribution in [0, 0.1) is 0 Å². The van der Waals surface area contributed by atoms with E-state index in [1.807, 2.05) is 18.2 Å². The highest BCUT2D eigenvalue weighted by atomic mass is 16.5. The molecule has 17 heavy (non-hydrogen) atoms. The molecule has 1 N–H and O–H groups in total. The number of aliphatic hydroxyl groups is 1. The monoisotopic (exact) mass is 232 g/mol.